The highest BCUT2D eigenvalue weighted by atomic mass is 35.5. The third-order valence-corrected chi connectivity index (χ3v) is 3.26. The number of carbonyl (C=O) groups excluding carboxylic acids is 2. The van der Waals surface area contributed by atoms with Crippen LogP contribution in [0.4, 0.5) is 0 Å². The van der Waals surface area contributed by atoms with Crippen LogP contribution in [0.3, 0.4) is 0 Å². The fraction of sp³-hybridized carbons (Fsp3) is 0.818. The van der Waals surface area contributed by atoms with Gasteiger partial charge in [0.1, 0.15) is 0 Å². The molecule has 2 amide bonds. The predicted molar refractivity (Wildman–Crippen MR) is 68.6 cm³/mol. The van der Waals surface area contributed by atoms with Gasteiger partial charge in [0, 0.05) is 6.54 Å². The van der Waals surface area contributed by atoms with Gasteiger partial charge in [-0.2, -0.15) is 0 Å². The number of carbonyl (C=O) groups is 2. The molecule has 0 aromatic carbocycles. The van der Waals surface area contributed by atoms with Crippen molar-refractivity contribution in [2.75, 3.05) is 6.54 Å². The lowest BCUT2D eigenvalue weighted by Gasteiger charge is -2.24. The molecule has 0 radical (unpaired) electrons. The minimum Gasteiger partial charge on any atom is -0.370 e. The number of primary amides is 1. The minimum absolute atomic E-state index is 0. The summed E-state index contributed by atoms with van der Waals surface area (Å²) in [5, 5.41) is 2.80. The van der Waals surface area contributed by atoms with Crippen LogP contribution in [-0.2, 0) is 9.59 Å². The summed E-state index contributed by atoms with van der Waals surface area (Å²) in [4.78, 5) is 22.1. The molecular weight excluding hydrogens is 242 g/mol. The molecule has 1 rings (SSSR count). The SMILES string of the molecule is CC1(CNC(=O)C(N)CC(N)=O)CCCC1.Cl. The summed E-state index contributed by atoms with van der Waals surface area (Å²) < 4.78 is 0. The molecule has 0 saturated heterocycles. The highest BCUT2D eigenvalue weighted by Crippen LogP contribution is 2.36. The van der Waals surface area contributed by atoms with Crippen LogP contribution in [0.1, 0.15) is 39.0 Å². The van der Waals surface area contributed by atoms with Crippen molar-refractivity contribution in [3.8, 4) is 0 Å². The largest absolute Gasteiger partial charge is 0.370 e. The number of hydrogen-bond donors (Lipinski definition) is 3. The van der Waals surface area contributed by atoms with Crippen molar-refractivity contribution in [1.82, 2.24) is 5.32 Å². The van der Waals surface area contributed by atoms with Crippen molar-refractivity contribution in [3.63, 3.8) is 0 Å². The maximum atomic E-state index is 11.5. The van der Waals surface area contributed by atoms with Crippen LogP contribution in [0.2, 0.25) is 0 Å². The first-order valence-corrected chi connectivity index (χ1v) is 5.74. The highest BCUT2D eigenvalue weighted by molar-refractivity contribution is 5.87. The summed E-state index contributed by atoms with van der Waals surface area (Å²) in [6.07, 6.45) is 4.62. The van der Waals surface area contributed by atoms with Crippen LogP contribution in [0.25, 0.3) is 0 Å². The second kappa shape index (κ2) is 6.81. The average Bonchev–Trinajstić information content (AvgIpc) is 2.61. The van der Waals surface area contributed by atoms with Gasteiger partial charge >= 0.3 is 0 Å². The van der Waals surface area contributed by atoms with E-state index in [2.05, 4.69) is 12.2 Å². The molecule has 0 spiro atoms. The molecule has 1 aliphatic rings. The van der Waals surface area contributed by atoms with Crippen LogP contribution < -0.4 is 16.8 Å². The Kier molecular flexibility index (Phi) is 6.49. The normalized spacial score (nSPS) is 19.2. The summed E-state index contributed by atoms with van der Waals surface area (Å²) in [6, 6.07) is -0.817. The molecule has 1 aliphatic carbocycles. The lowest BCUT2D eigenvalue weighted by atomic mass is 9.89. The second-order valence-electron chi connectivity index (χ2n) is 5.01. The third-order valence-electron chi connectivity index (χ3n) is 3.26. The van der Waals surface area contributed by atoms with Crippen molar-refractivity contribution in [2.24, 2.45) is 16.9 Å². The fourth-order valence-corrected chi connectivity index (χ4v) is 2.15. The van der Waals surface area contributed by atoms with E-state index in [1.165, 1.54) is 12.8 Å². The van der Waals surface area contributed by atoms with E-state index in [4.69, 9.17) is 11.5 Å². The molecule has 0 aromatic heterocycles. The summed E-state index contributed by atoms with van der Waals surface area (Å²) in [5.74, 6) is -0.832. The Hall–Kier alpha value is -0.810. The predicted octanol–water partition coefficient (Wildman–Crippen LogP) is 0.307. The molecule has 6 heteroatoms. The van der Waals surface area contributed by atoms with Gasteiger partial charge in [0.2, 0.25) is 11.8 Å². The number of rotatable bonds is 5. The van der Waals surface area contributed by atoms with E-state index < -0.39 is 11.9 Å². The molecule has 100 valence electrons. The van der Waals surface area contributed by atoms with E-state index in [0.29, 0.717) is 6.54 Å². The van der Waals surface area contributed by atoms with Crippen molar-refractivity contribution < 1.29 is 9.59 Å². The van der Waals surface area contributed by atoms with Gasteiger partial charge in [-0.05, 0) is 18.3 Å². The van der Waals surface area contributed by atoms with E-state index in [-0.39, 0.29) is 30.2 Å². The molecule has 0 bridgehead atoms. The summed E-state index contributed by atoms with van der Waals surface area (Å²) >= 11 is 0. The first-order valence-electron chi connectivity index (χ1n) is 5.74. The Morgan fingerprint density at radius 1 is 1.35 bits per heavy atom. The Bertz CT molecular complexity index is 278. The number of halogens is 1. The van der Waals surface area contributed by atoms with Crippen LogP contribution in [0, 0.1) is 5.41 Å². The van der Waals surface area contributed by atoms with Gasteiger partial charge in [0.25, 0.3) is 0 Å². The number of nitrogens with two attached hydrogens (primary N) is 2. The van der Waals surface area contributed by atoms with Gasteiger partial charge in [-0.15, -0.1) is 12.4 Å². The van der Waals surface area contributed by atoms with E-state index in [1.807, 2.05) is 0 Å². The van der Waals surface area contributed by atoms with E-state index >= 15 is 0 Å². The Morgan fingerprint density at radius 3 is 2.35 bits per heavy atom. The van der Waals surface area contributed by atoms with E-state index in [1.54, 1.807) is 0 Å². The molecule has 1 atom stereocenters. The molecule has 0 heterocycles. The van der Waals surface area contributed by atoms with Gasteiger partial charge in [-0.25, -0.2) is 0 Å². The maximum Gasteiger partial charge on any atom is 0.237 e. The summed E-state index contributed by atoms with van der Waals surface area (Å²) in [7, 11) is 0. The zero-order valence-corrected chi connectivity index (χ0v) is 11.0. The molecule has 0 aliphatic heterocycles. The van der Waals surface area contributed by atoms with Gasteiger partial charge in [-0.1, -0.05) is 19.8 Å². The highest BCUT2D eigenvalue weighted by Gasteiger charge is 2.29. The molecular formula is C11H22ClN3O2. The Labute approximate surface area is 108 Å². The second-order valence-corrected chi connectivity index (χ2v) is 5.01. The number of amides is 2. The van der Waals surface area contributed by atoms with Gasteiger partial charge < -0.3 is 16.8 Å². The number of hydrogen-bond acceptors (Lipinski definition) is 3. The van der Waals surface area contributed by atoms with Crippen LogP contribution in [-0.4, -0.2) is 24.4 Å². The molecule has 5 N–H and O–H groups in total. The van der Waals surface area contributed by atoms with Crippen molar-refractivity contribution in [1.29, 1.82) is 0 Å². The fourth-order valence-electron chi connectivity index (χ4n) is 2.15. The van der Waals surface area contributed by atoms with Crippen LogP contribution in [0.15, 0.2) is 0 Å². The first-order chi connectivity index (χ1) is 7.43. The van der Waals surface area contributed by atoms with Gasteiger partial charge in [-0.3, -0.25) is 9.59 Å². The summed E-state index contributed by atoms with van der Waals surface area (Å²) in [5.41, 5.74) is 10.7. The number of nitrogens with one attached hydrogen (secondary N) is 1. The summed E-state index contributed by atoms with van der Waals surface area (Å²) in [6.45, 7) is 2.80. The van der Waals surface area contributed by atoms with Crippen molar-refractivity contribution in [3.05, 3.63) is 0 Å². The van der Waals surface area contributed by atoms with E-state index in [9.17, 15) is 9.59 Å². The third kappa shape index (κ3) is 5.37. The Morgan fingerprint density at radius 2 is 1.88 bits per heavy atom. The monoisotopic (exact) mass is 263 g/mol. The Balaban J connectivity index is 0.00000256. The van der Waals surface area contributed by atoms with E-state index in [0.717, 1.165) is 12.8 Å². The van der Waals surface area contributed by atoms with Gasteiger partial charge in [0.05, 0.1) is 12.5 Å². The molecule has 1 saturated carbocycles. The standard InChI is InChI=1S/C11H21N3O2.ClH/c1-11(4-2-3-5-11)7-14-10(16)8(12)6-9(13)15;/h8H,2-7,12H2,1H3,(H2,13,15)(H,14,16);1H. The first kappa shape index (κ1) is 16.2. The lowest BCUT2D eigenvalue weighted by Crippen LogP contribution is -2.45. The van der Waals surface area contributed by atoms with Crippen molar-refractivity contribution in [2.45, 2.75) is 45.1 Å². The van der Waals surface area contributed by atoms with Crippen LogP contribution in [0.5, 0.6) is 0 Å². The molecule has 0 aromatic rings. The topological polar surface area (TPSA) is 98.2 Å². The lowest BCUT2D eigenvalue weighted by molar-refractivity contribution is -0.126. The van der Waals surface area contributed by atoms with Crippen molar-refractivity contribution >= 4 is 24.2 Å². The molecule has 17 heavy (non-hydrogen) atoms. The smallest absolute Gasteiger partial charge is 0.237 e. The zero-order chi connectivity index (χ0) is 12.2. The zero-order valence-electron chi connectivity index (χ0n) is 10.2. The minimum atomic E-state index is -0.817. The average molecular weight is 264 g/mol. The molecule has 1 fully saturated rings. The maximum absolute atomic E-state index is 11.5. The van der Waals surface area contributed by atoms with Gasteiger partial charge in [0.15, 0.2) is 0 Å². The van der Waals surface area contributed by atoms with Crippen LogP contribution >= 0.6 is 12.4 Å². The molecule has 1 unspecified atom stereocenters. The quantitative estimate of drug-likeness (QED) is 0.666. The molecule has 5 nitrogen and oxygen atoms in total.